The highest BCUT2D eigenvalue weighted by molar-refractivity contribution is 8.26. The predicted molar refractivity (Wildman–Crippen MR) is 127 cm³/mol. The summed E-state index contributed by atoms with van der Waals surface area (Å²) in [7, 11) is 0. The maximum absolute atomic E-state index is 12.9. The van der Waals surface area contributed by atoms with Gasteiger partial charge in [0.25, 0.3) is 11.8 Å². The number of rotatable bonds is 7. The minimum Gasteiger partial charge on any atom is -0.494 e. The summed E-state index contributed by atoms with van der Waals surface area (Å²) in [4.78, 5) is 25.9. The molecule has 0 unspecified atom stereocenters. The molecule has 1 fully saturated rings. The highest BCUT2D eigenvalue weighted by atomic mass is 35.5. The molecule has 2 aromatic rings. The van der Waals surface area contributed by atoms with Crippen molar-refractivity contribution in [2.45, 2.75) is 20.8 Å². The number of thiocarbonyl (C=S) groups is 1. The molecule has 6 nitrogen and oxygen atoms in total. The second-order valence-electron chi connectivity index (χ2n) is 6.51. The first-order chi connectivity index (χ1) is 14.8. The molecule has 31 heavy (non-hydrogen) atoms. The molecule has 0 radical (unpaired) electrons. The van der Waals surface area contributed by atoms with Gasteiger partial charge in [-0.15, -0.1) is 0 Å². The van der Waals surface area contributed by atoms with Crippen LogP contribution in [0.2, 0.25) is 5.02 Å². The van der Waals surface area contributed by atoms with E-state index in [1.165, 1.54) is 0 Å². The number of nitrogens with one attached hydrogen (secondary N) is 1. The molecule has 0 spiro atoms. The third-order valence-electron chi connectivity index (χ3n) is 4.26. The van der Waals surface area contributed by atoms with Crippen molar-refractivity contribution in [3.8, 4) is 11.5 Å². The zero-order valence-corrected chi connectivity index (χ0v) is 19.6. The highest BCUT2D eigenvalue weighted by Gasteiger charge is 2.34. The molecule has 0 saturated carbocycles. The second kappa shape index (κ2) is 10.2. The van der Waals surface area contributed by atoms with Crippen LogP contribution < -0.4 is 14.9 Å². The standard InChI is InChI=1S/C22H21ClN2O4S2/c1-4-28-15-8-7-14(18(12-15)29-5-2)11-19-21(27)25(22(30)31-19)24-20(26)16-9-6-13(3)10-17(16)23/h6-12H,4-5H2,1-3H3,(H,24,26)/b19-11+. The number of ether oxygens (including phenoxy) is 2. The number of nitrogens with zero attached hydrogens (tertiary/aromatic N) is 1. The van der Waals surface area contributed by atoms with Crippen molar-refractivity contribution in [2.75, 3.05) is 13.2 Å². The Balaban J connectivity index is 1.82. The molecule has 9 heteroatoms. The summed E-state index contributed by atoms with van der Waals surface area (Å²) in [5.74, 6) is 0.327. The summed E-state index contributed by atoms with van der Waals surface area (Å²) in [6.45, 7) is 6.65. The summed E-state index contributed by atoms with van der Waals surface area (Å²) < 4.78 is 11.4. The second-order valence-corrected chi connectivity index (χ2v) is 8.59. The molecular formula is C22H21ClN2O4S2. The third kappa shape index (κ3) is 5.39. The Morgan fingerprint density at radius 2 is 1.94 bits per heavy atom. The molecule has 1 aliphatic heterocycles. The van der Waals surface area contributed by atoms with Crippen molar-refractivity contribution in [3.05, 3.63) is 63.0 Å². The van der Waals surface area contributed by atoms with E-state index in [0.717, 1.165) is 22.3 Å². The van der Waals surface area contributed by atoms with E-state index in [1.54, 1.807) is 36.4 Å². The summed E-state index contributed by atoms with van der Waals surface area (Å²) in [6.07, 6.45) is 1.69. The average Bonchev–Trinajstić information content (AvgIpc) is 2.97. The highest BCUT2D eigenvalue weighted by Crippen LogP contribution is 2.35. The van der Waals surface area contributed by atoms with E-state index in [9.17, 15) is 9.59 Å². The molecule has 0 atom stereocenters. The van der Waals surface area contributed by atoms with Crippen molar-refractivity contribution in [1.82, 2.24) is 10.4 Å². The van der Waals surface area contributed by atoms with Gasteiger partial charge in [-0.1, -0.05) is 29.4 Å². The number of hydrazine groups is 1. The molecule has 1 heterocycles. The minimum atomic E-state index is -0.515. The summed E-state index contributed by atoms with van der Waals surface area (Å²) in [5.41, 5.74) is 4.44. The Morgan fingerprint density at radius 3 is 2.61 bits per heavy atom. The van der Waals surface area contributed by atoms with E-state index in [2.05, 4.69) is 5.43 Å². The molecule has 2 aromatic carbocycles. The summed E-state index contributed by atoms with van der Waals surface area (Å²) in [6, 6.07) is 10.5. The number of halogens is 1. The van der Waals surface area contributed by atoms with Crippen LogP contribution in [0.5, 0.6) is 11.5 Å². The molecule has 0 bridgehead atoms. The molecule has 2 amide bonds. The largest absolute Gasteiger partial charge is 0.494 e. The number of carbonyl (C=O) groups is 2. The van der Waals surface area contributed by atoms with Crippen molar-refractivity contribution >= 4 is 57.8 Å². The molecule has 1 N–H and O–H groups in total. The maximum Gasteiger partial charge on any atom is 0.285 e. The first-order valence-corrected chi connectivity index (χ1v) is 11.2. The molecule has 1 aliphatic rings. The fourth-order valence-electron chi connectivity index (χ4n) is 2.84. The van der Waals surface area contributed by atoms with Crippen molar-refractivity contribution in [3.63, 3.8) is 0 Å². The van der Waals surface area contributed by atoms with Crippen molar-refractivity contribution in [1.29, 1.82) is 0 Å². The maximum atomic E-state index is 12.9. The van der Waals surface area contributed by atoms with Gasteiger partial charge in [-0.25, -0.2) is 0 Å². The summed E-state index contributed by atoms with van der Waals surface area (Å²) >= 11 is 12.6. The van der Waals surface area contributed by atoms with E-state index in [0.29, 0.717) is 40.2 Å². The number of thioether (sulfide) groups is 1. The lowest BCUT2D eigenvalue weighted by Gasteiger charge is -2.16. The Labute approximate surface area is 195 Å². The van der Waals surface area contributed by atoms with Gasteiger partial charge in [-0.2, -0.15) is 5.01 Å². The van der Waals surface area contributed by atoms with Crippen LogP contribution >= 0.6 is 35.6 Å². The number of carbonyl (C=O) groups excluding carboxylic acids is 2. The van der Waals surface area contributed by atoms with Crippen LogP contribution in [0.25, 0.3) is 6.08 Å². The van der Waals surface area contributed by atoms with E-state index in [4.69, 9.17) is 33.3 Å². The molecule has 162 valence electrons. The quantitative estimate of drug-likeness (QED) is 0.448. The molecule has 0 aliphatic carbocycles. The van der Waals surface area contributed by atoms with E-state index < -0.39 is 11.8 Å². The lowest BCUT2D eigenvalue weighted by atomic mass is 10.1. The number of amides is 2. The van der Waals surface area contributed by atoms with E-state index in [-0.39, 0.29) is 9.88 Å². The zero-order chi connectivity index (χ0) is 22.5. The van der Waals surface area contributed by atoms with Gasteiger partial charge in [-0.05, 0) is 68.9 Å². The SMILES string of the molecule is CCOc1ccc(/C=C2/SC(=S)N(NC(=O)c3ccc(C)cc3Cl)C2=O)c(OCC)c1. The lowest BCUT2D eigenvalue weighted by molar-refractivity contribution is -0.123. The van der Waals surface area contributed by atoms with Crippen LogP contribution in [0.1, 0.15) is 35.3 Å². The van der Waals surface area contributed by atoms with Gasteiger partial charge in [0.15, 0.2) is 4.32 Å². The Morgan fingerprint density at radius 1 is 1.19 bits per heavy atom. The smallest absolute Gasteiger partial charge is 0.285 e. The predicted octanol–water partition coefficient (Wildman–Crippen LogP) is 4.99. The van der Waals surface area contributed by atoms with Crippen LogP contribution in [0.4, 0.5) is 0 Å². The normalized spacial score (nSPS) is 14.8. The summed E-state index contributed by atoms with van der Waals surface area (Å²) in [5, 5.41) is 1.36. The fraction of sp³-hybridized carbons (Fsp3) is 0.227. The number of hydrogen-bond acceptors (Lipinski definition) is 6. The van der Waals surface area contributed by atoms with Crippen molar-refractivity contribution in [2.24, 2.45) is 0 Å². The van der Waals surface area contributed by atoms with Gasteiger partial charge in [0, 0.05) is 11.6 Å². The molecule has 3 rings (SSSR count). The first-order valence-electron chi connectivity index (χ1n) is 9.58. The molecular weight excluding hydrogens is 456 g/mol. The van der Waals surface area contributed by atoms with Gasteiger partial charge in [0.2, 0.25) is 0 Å². The lowest BCUT2D eigenvalue weighted by Crippen LogP contribution is -2.44. The topological polar surface area (TPSA) is 67.9 Å². The number of hydrogen-bond donors (Lipinski definition) is 1. The Bertz CT molecular complexity index is 1070. The van der Waals surface area contributed by atoms with E-state index >= 15 is 0 Å². The van der Waals surface area contributed by atoms with Gasteiger partial charge in [0.05, 0.1) is 28.7 Å². The average molecular weight is 477 g/mol. The first kappa shape index (κ1) is 23.1. The zero-order valence-electron chi connectivity index (χ0n) is 17.2. The number of benzene rings is 2. The fourth-order valence-corrected chi connectivity index (χ4v) is 4.33. The van der Waals surface area contributed by atoms with E-state index in [1.807, 2.05) is 26.8 Å². The Kier molecular flexibility index (Phi) is 7.59. The number of aryl methyl sites for hydroxylation is 1. The van der Waals surface area contributed by atoms with Crippen LogP contribution in [0.15, 0.2) is 41.3 Å². The van der Waals surface area contributed by atoms with Crippen molar-refractivity contribution < 1.29 is 19.1 Å². The van der Waals surface area contributed by atoms with Crippen LogP contribution in [-0.4, -0.2) is 34.4 Å². The molecule has 1 saturated heterocycles. The van der Waals surface area contributed by atoms with Gasteiger partial charge >= 0.3 is 0 Å². The van der Waals surface area contributed by atoms with Crippen LogP contribution in [0.3, 0.4) is 0 Å². The van der Waals surface area contributed by atoms with Gasteiger partial charge < -0.3 is 9.47 Å². The Hall–Kier alpha value is -2.55. The monoisotopic (exact) mass is 476 g/mol. The molecule has 0 aromatic heterocycles. The van der Waals surface area contributed by atoms with Crippen LogP contribution in [-0.2, 0) is 4.79 Å². The van der Waals surface area contributed by atoms with Gasteiger partial charge in [0.1, 0.15) is 11.5 Å². The minimum absolute atomic E-state index is 0.219. The third-order valence-corrected chi connectivity index (χ3v) is 5.87. The van der Waals surface area contributed by atoms with Crippen LogP contribution in [0, 0.1) is 6.92 Å². The van der Waals surface area contributed by atoms with Gasteiger partial charge in [-0.3, -0.25) is 15.0 Å².